The van der Waals surface area contributed by atoms with Crippen molar-refractivity contribution in [1.29, 1.82) is 0 Å². The van der Waals surface area contributed by atoms with Crippen LogP contribution in [0.15, 0.2) is 0 Å². The van der Waals surface area contributed by atoms with Gasteiger partial charge in [0.15, 0.2) is 0 Å². The second kappa shape index (κ2) is 3.90. The van der Waals surface area contributed by atoms with Crippen molar-refractivity contribution in [1.82, 2.24) is 0 Å². The van der Waals surface area contributed by atoms with Gasteiger partial charge in [-0.15, -0.1) is 0 Å². The molecule has 1 saturated heterocycles. The summed E-state index contributed by atoms with van der Waals surface area (Å²) in [5.74, 6) is 0. The number of hydrogen-bond donors (Lipinski definition) is 1. The van der Waals surface area contributed by atoms with Gasteiger partial charge in [-0.3, -0.25) is 0 Å². The van der Waals surface area contributed by atoms with E-state index in [0.29, 0.717) is 5.41 Å². The van der Waals surface area contributed by atoms with Crippen LogP contribution in [0.25, 0.3) is 0 Å². The summed E-state index contributed by atoms with van der Waals surface area (Å²) < 4.78 is 0. The normalized spacial score (nSPS) is 25.5. The molecule has 0 aromatic carbocycles. The molecule has 1 N–H and O–H groups in total. The largest absolute Gasteiger partial charge is 1.00 e. The van der Waals surface area contributed by atoms with E-state index in [1.807, 2.05) is 0 Å². The average Bonchev–Trinajstić information content (AvgIpc) is 1.78. The van der Waals surface area contributed by atoms with Crippen LogP contribution in [-0.2, 0) is 0 Å². The summed E-state index contributed by atoms with van der Waals surface area (Å²) in [7, 11) is 2.29. The topological polar surface area (TPSA) is 4.44 Å². The molecule has 62 valence electrons. The Morgan fingerprint density at radius 1 is 1.10 bits per heavy atom. The summed E-state index contributed by atoms with van der Waals surface area (Å²) >= 11 is 0. The van der Waals surface area contributed by atoms with E-state index in [1.54, 1.807) is 4.90 Å². The van der Waals surface area contributed by atoms with Gasteiger partial charge in [0.25, 0.3) is 0 Å². The van der Waals surface area contributed by atoms with Gasteiger partial charge in [0.1, 0.15) is 0 Å². The minimum Gasteiger partial charge on any atom is -1.00 e. The molecule has 0 unspecified atom stereocenters. The molecule has 2 heteroatoms. The van der Waals surface area contributed by atoms with Gasteiger partial charge in [-0.2, -0.15) is 0 Å². The lowest BCUT2D eigenvalue weighted by molar-refractivity contribution is -0.887. The van der Waals surface area contributed by atoms with Crippen LogP contribution in [0.1, 0.15) is 26.7 Å². The molecule has 0 aromatic rings. The minimum absolute atomic E-state index is 0. The van der Waals surface area contributed by atoms with Crippen LogP contribution in [0, 0.1) is 5.41 Å². The Morgan fingerprint density at radius 2 is 1.50 bits per heavy atom. The van der Waals surface area contributed by atoms with Crippen LogP contribution in [0.4, 0.5) is 0 Å². The van der Waals surface area contributed by atoms with Crippen molar-refractivity contribution in [3.8, 4) is 0 Å². The van der Waals surface area contributed by atoms with Crippen LogP contribution in [-0.4, -0.2) is 20.1 Å². The zero-order chi connectivity index (χ0) is 6.91. The van der Waals surface area contributed by atoms with Crippen molar-refractivity contribution in [3.05, 3.63) is 0 Å². The lowest BCUT2D eigenvalue weighted by atomic mass is 9.83. The van der Waals surface area contributed by atoms with Crippen molar-refractivity contribution in [2.75, 3.05) is 20.1 Å². The molecule has 0 atom stereocenters. The first kappa shape index (κ1) is 10.7. The SMILES string of the molecule is C[NH+]1CCC(C)(C)CC1.[I-]. The molecular weight excluding hydrogens is 237 g/mol. The van der Waals surface area contributed by atoms with Crippen molar-refractivity contribution >= 4 is 0 Å². The summed E-state index contributed by atoms with van der Waals surface area (Å²) in [6.07, 6.45) is 2.80. The van der Waals surface area contributed by atoms with Gasteiger partial charge in [-0.05, 0) is 5.41 Å². The third-order valence-electron chi connectivity index (χ3n) is 2.46. The van der Waals surface area contributed by atoms with E-state index in [2.05, 4.69) is 20.9 Å². The first-order valence-electron chi connectivity index (χ1n) is 3.91. The molecular formula is C8H18IN. The van der Waals surface area contributed by atoms with Crippen LogP contribution < -0.4 is 28.9 Å². The predicted octanol–water partition coefficient (Wildman–Crippen LogP) is -2.67. The Kier molecular flexibility index (Phi) is 4.17. The fourth-order valence-electron chi connectivity index (χ4n) is 1.35. The van der Waals surface area contributed by atoms with Crippen molar-refractivity contribution < 1.29 is 28.9 Å². The zero-order valence-electron chi connectivity index (χ0n) is 7.21. The average molecular weight is 255 g/mol. The van der Waals surface area contributed by atoms with Gasteiger partial charge >= 0.3 is 0 Å². The molecule has 0 radical (unpaired) electrons. The molecule has 10 heavy (non-hydrogen) atoms. The highest BCUT2D eigenvalue weighted by atomic mass is 127. The molecule has 1 heterocycles. The third-order valence-corrected chi connectivity index (χ3v) is 2.46. The first-order valence-corrected chi connectivity index (χ1v) is 3.91. The van der Waals surface area contributed by atoms with Gasteiger partial charge in [0.05, 0.1) is 20.1 Å². The fraction of sp³-hybridized carbons (Fsp3) is 1.00. The molecule has 0 spiro atoms. The smallest absolute Gasteiger partial charge is 0.0774 e. The standard InChI is InChI=1S/C8H17N.HI/c1-8(2)4-6-9(3)7-5-8;/h4-7H2,1-3H3;1H. The first-order chi connectivity index (χ1) is 4.10. The van der Waals surface area contributed by atoms with Gasteiger partial charge in [-0.25, -0.2) is 0 Å². The second-order valence-electron chi connectivity index (χ2n) is 4.12. The highest BCUT2D eigenvalue weighted by Gasteiger charge is 2.25. The van der Waals surface area contributed by atoms with E-state index in [9.17, 15) is 0 Å². The molecule has 1 aliphatic heterocycles. The number of hydrogen-bond acceptors (Lipinski definition) is 0. The predicted molar refractivity (Wildman–Crippen MR) is 39.6 cm³/mol. The summed E-state index contributed by atoms with van der Waals surface area (Å²) in [5.41, 5.74) is 0.638. The lowest BCUT2D eigenvalue weighted by Crippen LogP contribution is -3.10. The van der Waals surface area contributed by atoms with E-state index >= 15 is 0 Å². The van der Waals surface area contributed by atoms with E-state index in [-0.39, 0.29) is 24.0 Å². The monoisotopic (exact) mass is 255 g/mol. The quantitative estimate of drug-likeness (QED) is 0.450. The van der Waals surface area contributed by atoms with Crippen molar-refractivity contribution in [3.63, 3.8) is 0 Å². The van der Waals surface area contributed by atoms with Gasteiger partial charge in [0.2, 0.25) is 0 Å². The molecule has 1 rings (SSSR count). The number of likely N-dealkylation sites (tertiary alicyclic amines) is 1. The Hall–Kier alpha value is 0.690. The zero-order valence-corrected chi connectivity index (χ0v) is 9.36. The maximum Gasteiger partial charge on any atom is 0.0774 e. The number of halogens is 1. The highest BCUT2D eigenvalue weighted by Crippen LogP contribution is 2.24. The minimum atomic E-state index is 0. The molecule has 0 bridgehead atoms. The molecule has 1 aliphatic rings. The van der Waals surface area contributed by atoms with Gasteiger partial charge < -0.3 is 28.9 Å². The number of rotatable bonds is 0. The van der Waals surface area contributed by atoms with Gasteiger partial charge in [-0.1, -0.05) is 13.8 Å². The lowest BCUT2D eigenvalue weighted by Gasteiger charge is -2.32. The van der Waals surface area contributed by atoms with Crippen molar-refractivity contribution in [2.45, 2.75) is 26.7 Å². The number of quaternary nitrogens is 1. The molecule has 0 saturated carbocycles. The fourth-order valence-corrected chi connectivity index (χ4v) is 1.35. The van der Waals surface area contributed by atoms with E-state index in [4.69, 9.17) is 0 Å². The molecule has 0 amide bonds. The summed E-state index contributed by atoms with van der Waals surface area (Å²) in [4.78, 5) is 1.70. The molecule has 0 aliphatic carbocycles. The summed E-state index contributed by atoms with van der Waals surface area (Å²) in [5, 5.41) is 0. The molecule has 1 fully saturated rings. The Morgan fingerprint density at radius 3 is 1.80 bits per heavy atom. The van der Waals surface area contributed by atoms with Crippen LogP contribution >= 0.6 is 0 Å². The van der Waals surface area contributed by atoms with Crippen LogP contribution in [0.5, 0.6) is 0 Å². The third kappa shape index (κ3) is 3.19. The van der Waals surface area contributed by atoms with Gasteiger partial charge in [0, 0.05) is 12.8 Å². The van der Waals surface area contributed by atoms with Crippen LogP contribution in [0.3, 0.4) is 0 Å². The summed E-state index contributed by atoms with van der Waals surface area (Å²) in [6, 6.07) is 0. The maximum absolute atomic E-state index is 2.37. The van der Waals surface area contributed by atoms with E-state index in [0.717, 1.165) is 0 Å². The Labute approximate surface area is 81.2 Å². The Balaban J connectivity index is 0.000000810. The molecule has 1 nitrogen and oxygen atoms in total. The maximum atomic E-state index is 2.37. The number of piperidine rings is 1. The van der Waals surface area contributed by atoms with Crippen LogP contribution in [0.2, 0.25) is 0 Å². The van der Waals surface area contributed by atoms with E-state index < -0.39 is 0 Å². The number of nitrogens with one attached hydrogen (secondary N) is 1. The Bertz CT molecular complexity index is 91.4. The molecule has 0 aromatic heterocycles. The second-order valence-corrected chi connectivity index (χ2v) is 4.12. The van der Waals surface area contributed by atoms with E-state index in [1.165, 1.54) is 25.9 Å². The highest BCUT2D eigenvalue weighted by molar-refractivity contribution is 4.69. The summed E-state index contributed by atoms with van der Waals surface area (Å²) in [6.45, 7) is 7.48. The van der Waals surface area contributed by atoms with Crippen molar-refractivity contribution in [2.24, 2.45) is 5.41 Å².